The maximum Gasteiger partial charge on any atom is 0.133 e. The van der Waals surface area contributed by atoms with Crippen LogP contribution in [0.3, 0.4) is 0 Å². The molecule has 2 heterocycles. The van der Waals surface area contributed by atoms with E-state index in [1.54, 1.807) is 0 Å². The van der Waals surface area contributed by atoms with Crippen molar-refractivity contribution in [2.45, 2.75) is 39.7 Å². The van der Waals surface area contributed by atoms with E-state index in [-0.39, 0.29) is 0 Å². The molecule has 0 saturated carbocycles. The minimum atomic E-state index is 0.351. The molecule has 2 rings (SSSR count). The molecule has 0 spiro atoms. The first-order chi connectivity index (χ1) is 8.53. The minimum absolute atomic E-state index is 0.351. The van der Waals surface area contributed by atoms with Crippen molar-refractivity contribution in [3.8, 4) is 0 Å². The summed E-state index contributed by atoms with van der Waals surface area (Å²) in [5.41, 5.74) is 1.79. The lowest BCUT2D eigenvalue weighted by Gasteiger charge is -2.38. The van der Waals surface area contributed by atoms with Crippen LogP contribution in [0.15, 0.2) is 18.3 Å². The highest BCUT2D eigenvalue weighted by molar-refractivity contribution is 5.48. The molecule has 1 unspecified atom stereocenters. The molecule has 1 aromatic heterocycles. The van der Waals surface area contributed by atoms with E-state index in [1.165, 1.54) is 18.4 Å². The van der Waals surface area contributed by atoms with Crippen molar-refractivity contribution in [3.05, 3.63) is 23.9 Å². The Morgan fingerprint density at radius 1 is 1.33 bits per heavy atom. The number of pyridine rings is 1. The lowest BCUT2D eigenvalue weighted by atomic mass is 9.82. The van der Waals surface area contributed by atoms with Crippen LogP contribution in [0.5, 0.6) is 0 Å². The number of rotatable bonds is 3. The summed E-state index contributed by atoms with van der Waals surface area (Å²) in [4.78, 5) is 7.04. The Balaban J connectivity index is 2.19. The second kappa shape index (κ2) is 5.27. The molecule has 1 saturated heterocycles. The Labute approximate surface area is 111 Å². The molecular weight excluding hydrogens is 222 g/mol. The summed E-state index contributed by atoms with van der Waals surface area (Å²) >= 11 is 0. The van der Waals surface area contributed by atoms with Crippen LogP contribution >= 0.6 is 0 Å². The Bertz CT molecular complexity index is 390. The summed E-state index contributed by atoms with van der Waals surface area (Å²) in [5, 5.41) is 3.31. The quantitative estimate of drug-likeness (QED) is 0.890. The van der Waals surface area contributed by atoms with Crippen molar-refractivity contribution < 1.29 is 0 Å². The monoisotopic (exact) mass is 247 g/mol. The molecule has 0 aromatic carbocycles. The molecule has 1 N–H and O–H groups in total. The Hall–Kier alpha value is -1.09. The largest absolute Gasteiger partial charge is 0.356 e. The number of aromatic nitrogens is 1. The lowest BCUT2D eigenvalue weighted by molar-refractivity contribution is 0.278. The van der Waals surface area contributed by atoms with Crippen LogP contribution in [0.1, 0.15) is 45.2 Å². The van der Waals surface area contributed by atoms with E-state index < -0.39 is 0 Å². The summed E-state index contributed by atoms with van der Waals surface area (Å²) in [6, 6.07) is 4.56. The summed E-state index contributed by atoms with van der Waals surface area (Å²) < 4.78 is 0. The molecule has 0 amide bonds. The zero-order chi connectivity index (χ0) is 13.2. The fourth-order valence-electron chi connectivity index (χ4n) is 2.49. The van der Waals surface area contributed by atoms with Gasteiger partial charge in [-0.2, -0.15) is 0 Å². The number of hydrogen-bond donors (Lipinski definition) is 1. The van der Waals surface area contributed by atoms with Crippen LogP contribution in [0, 0.1) is 5.41 Å². The van der Waals surface area contributed by atoms with Crippen LogP contribution in [-0.4, -0.2) is 25.1 Å². The zero-order valence-electron chi connectivity index (χ0n) is 12.0. The van der Waals surface area contributed by atoms with Crippen molar-refractivity contribution in [2.75, 3.05) is 25.0 Å². The van der Waals surface area contributed by atoms with Gasteiger partial charge in [0.15, 0.2) is 0 Å². The zero-order valence-corrected chi connectivity index (χ0v) is 12.0. The fourth-order valence-corrected chi connectivity index (χ4v) is 2.49. The third kappa shape index (κ3) is 2.83. The Morgan fingerprint density at radius 2 is 2.00 bits per heavy atom. The standard InChI is InChI=1S/C15H25N3/c1-12(16-4)13-6-5-9-17-14(13)18-10-7-15(2,3)8-11-18/h5-6,9,12,16H,7-8,10-11H2,1-4H3. The summed E-state index contributed by atoms with van der Waals surface area (Å²) in [7, 11) is 2.00. The van der Waals surface area contributed by atoms with Gasteiger partial charge in [0.25, 0.3) is 0 Å². The van der Waals surface area contributed by atoms with Gasteiger partial charge in [-0.1, -0.05) is 19.9 Å². The maximum absolute atomic E-state index is 4.61. The number of nitrogens with zero attached hydrogens (tertiary/aromatic N) is 2. The van der Waals surface area contributed by atoms with Gasteiger partial charge in [0.2, 0.25) is 0 Å². The van der Waals surface area contributed by atoms with Crippen molar-refractivity contribution in [1.82, 2.24) is 10.3 Å². The first-order valence-electron chi connectivity index (χ1n) is 6.91. The molecule has 0 aliphatic carbocycles. The molecule has 0 radical (unpaired) electrons. The van der Waals surface area contributed by atoms with Crippen LogP contribution in [-0.2, 0) is 0 Å². The SMILES string of the molecule is CNC(C)c1cccnc1N1CCC(C)(C)CC1. The first-order valence-corrected chi connectivity index (χ1v) is 6.91. The molecule has 100 valence electrons. The van der Waals surface area contributed by atoms with Crippen LogP contribution < -0.4 is 10.2 Å². The van der Waals surface area contributed by atoms with E-state index in [0.29, 0.717) is 11.5 Å². The first kappa shape index (κ1) is 13.3. The van der Waals surface area contributed by atoms with Crippen molar-refractivity contribution in [1.29, 1.82) is 0 Å². The van der Waals surface area contributed by atoms with Crippen molar-refractivity contribution in [2.24, 2.45) is 5.41 Å². The van der Waals surface area contributed by atoms with E-state index in [4.69, 9.17) is 0 Å². The van der Waals surface area contributed by atoms with Crippen LogP contribution in [0.2, 0.25) is 0 Å². The normalized spacial score (nSPS) is 20.8. The molecule has 18 heavy (non-hydrogen) atoms. The highest BCUT2D eigenvalue weighted by Gasteiger charge is 2.27. The van der Waals surface area contributed by atoms with Crippen LogP contribution in [0.4, 0.5) is 5.82 Å². The van der Waals surface area contributed by atoms with Gasteiger partial charge in [0.1, 0.15) is 5.82 Å². The predicted molar refractivity (Wildman–Crippen MR) is 76.9 cm³/mol. The molecule has 1 aromatic rings. The highest BCUT2D eigenvalue weighted by atomic mass is 15.2. The molecule has 3 heteroatoms. The maximum atomic E-state index is 4.61. The summed E-state index contributed by atoms with van der Waals surface area (Å²) in [6.07, 6.45) is 4.40. The smallest absolute Gasteiger partial charge is 0.133 e. The van der Waals surface area contributed by atoms with Gasteiger partial charge in [-0.05, 0) is 38.3 Å². The lowest BCUT2D eigenvalue weighted by Crippen LogP contribution is -2.38. The topological polar surface area (TPSA) is 28.2 Å². The van der Waals surface area contributed by atoms with Gasteiger partial charge in [-0.15, -0.1) is 0 Å². The fraction of sp³-hybridized carbons (Fsp3) is 0.667. The molecule has 3 nitrogen and oxygen atoms in total. The molecule has 0 bridgehead atoms. The Morgan fingerprint density at radius 3 is 2.61 bits per heavy atom. The second-order valence-corrected chi connectivity index (χ2v) is 6.08. The summed E-state index contributed by atoms with van der Waals surface area (Å²) in [5.74, 6) is 1.16. The second-order valence-electron chi connectivity index (χ2n) is 6.08. The number of nitrogens with one attached hydrogen (secondary N) is 1. The van der Waals surface area contributed by atoms with E-state index in [2.05, 4.69) is 42.0 Å². The minimum Gasteiger partial charge on any atom is -0.356 e. The molecular formula is C15H25N3. The number of hydrogen-bond acceptors (Lipinski definition) is 3. The van der Waals surface area contributed by atoms with Gasteiger partial charge in [-0.25, -0.2) is 4.98 Å². The Kier molecular flexibility index (Phi) is 3.91. The van der Waals surface area contributed by atoms with Gasteiger partial charge >= 0.3 is 0 Å². The van der Waals surface area contributed by atoms with E-state index in [9.17, 15) is 0 Å². The number of anilines is 1. The molecule has 1 fully saturated rings. The van der Waals surface area contributed by atoms with Crippen LogP contribution in [0.25, 0.3) is 0 Å². The van der Waals surface area contributed by atoms with Gasteiger partial charge < -0.3 is 10.2 Å². The van der Waals surface area contributed by atoms with E-state index >= 15 is 0 Å². The molecule has 1 aliphatic rings. The van der Waals surface area contributed by atoms with E-state index in [0.717, 1.165) is 18.9 Å². The van der Waals surface area contributed by atoms with Gasteiger partial charge in [-0.3, -0.25) is 0 Å². The van der Waals surface area contributed by atoms with E-state index in [1.807, 2.05) is 19.3 Å². The highest BCUT2D eigenvalue weighted by Crippen LogP contribution is 2.33. The van der Waals surface area contributed by atoms with Gasteiger partial charge in [0.05, 0.1) is 0 Å². The van der Waals surface area contributed by atoms with Crippen molar-refractivity contribution >= 4 is 5.82 Å². The average Bonchev–Trinajstić information content (AvgIpc) is 2.38. The molecule has 1 aliphatic heterocycles. The number of piperidine rings is 1. The third-order valence-corrected chi connectivity index (χ3v) is 4.13. The predicted octanol–water partition coefficient (Wildman–Crippen LogP) is 2.99. The third-order valence-electron chi connectivity index (χ3n) is 4.13. The molecule has 1 atom stereocenters. The van der Waals surface area contributed by atoms with Crippen molar-refractivity contribution in [3.63, 3.8) is 0 Å². The average molecular weight is 247 g/mol. The van der Waals surface area contributed by atoms with Gasteiger partial charge in [0, 0.05) is 30.9 Å². The summed E-state index contributed by atoms with van der Waals surface area (Å²) in [6.45, 7) is 9.15.